The van der Waals surface area contributed by atoms with Crippen molar-refractivity contribution in [3.8, 4) is 5.75 Å². The summed E-state index contributed by atoms with van der Waals surface area (Å²) >= 11 is 0. The Morgan fingerprint density at radius 2 is 2.15 bits per heavy atom. The van der Waals surface area contributed by atoms with Crippen molar-refractivity contribution in [1.82, 2.24) is 24.5 Å². The van der Waals surface area contributed by atoms with E-state index in [1.165, 1.54) is 6.42 Å². The molecule has 7 nitrogen and oxygen atoms in total. The monoisotopic (exact) mass is 354 g/mol. The van der Waals surface area contributed by atoms with E-state index in [9.17, 15) is 0 Å². The van der Waals surface area contributed by atoms with Crippen LogP contribution in [0, 0.1) is 5.92 Å². The second-order valence-electron chi connectivity index (χ2n) is 7.52. The molecule has 1 aliphatic rings. The molecule has 26 heavy (non-hydrogen) atoms. The van der Waals surface area contributed by atoms with Crippen LogP contribution in [0.25, 0.3) is 16.6 Å². The molecule has 1 atom stereocenters. The molecule has 1 fully saturated rings. The van der Waals surface area contributed by atoms with Crippen molar-refractivity contribution in [2.24, 2.45) is 5.92 Å². The van der Waals surface area contributed by atoms with Crippen LogP contribution in [0.4, 0.5) is 5.95 Å². The summed E-state index contributed by atoms with van der Waals surface area (Å²) in [6.45, 7) is 7.81. The summed E-state index contributed by atoms with van der Waals surface area (Å²) in [4.78, 5) is 11.9. The van der Waals surface area contributed by atoms with E-state index in [1.54, 1.807) is 11.6 Å². The molecule has 0 radical (unpaired) electrons. The van der Waals surface area contributed by atoms with Gasteiger partial charge >= 0.3 is 0 Å². The number of likely N-dealkylation sites (tertiary alicyclic amines) is 1. The van der Waals surface area contributed by atoms with Crippen molar-refractivity contribution in [2.45, 2.75) is 32.6 Å². The molecular weight excluding hydrogens is 328 g/mol. The first-order valence-electron chi connectivity index (χ1n) is 9.28. The molecule has 0 amide bonds. The molecule has 7 heteroatoms. The minimum Gasteiger partial charge on any atom is -0.494 e. The first-order valence-corrected chi connectivity index (χ1v) is 9.28. The lowest BCUT2D eigenvalue weighted by Gasteiger charge is -2.32. The number of anilines is 1. The number of nitrogen functional groups attached to an aromatic ring is 1. The number of para-hydroxylation sites is 1. The van der Waals surface area contributed by atoms with Crippen LogP contribution in [0.5, 0.6) is 5.75 Å². The number of benzene rings is 1. The predicted octanol–water partition coefficient (Wildman–Crippen LogP) is 2.70. The molecule has 3 aromatic rings. The summed E-state index contributed by atoms with van der Waals surface area (Å²) in [6.07, 6.45) is 2.29. The standard InChI is InChI=1S/C19H26N6O/c1-12(2)10-24-9-5-6-13(11-24)17-22-18-14-7-4-8-15(26-3)16(14)21-19(20)25(18)23-17/h4,7-8,12-13H,5-6,9-11H2,1-3H3,(H2,20,21). The van der Waals surface area contributed by atoms with Gasteiger partial charge in [-0.05, 0) is 37.4 Å². The molecular formula is C19H26N6O. The highest BCUT2D eigenvalue weighted by molar-refractivity contribution is 5.95. The van der Waals surface area contributed by atoms with Crippen LogP contribution in [0.3, 0.4) is 0 Å². The summed E-state index contributed by atoms with van der Waals surface area (Å²) in [5.74, 6) is 2.90. The maximum atomic E-state index is 6.17. The van der Waals surface area contributed by atoms with Gasteiger partial charge in [-0.15, -0.1) is 5.10 Å². The molecule has 138 valence electrons. The van der Waals surface area contributed by atoms with Gasteiger partial charge < -0.3 is 15.4 Å². The summed E-state index contributed by atoms with van der Waals surface area (Å²) in [6, 6.07) is 5.82. The Morgan fingerprint density at radius 1 is 1.31 bits per heavy atom. The van der Waals surface area contributed by atoms with Gasteiger partial charge in [-0.3, -0.25) is 0 Å². The zero-order chi connectivity index (χ0) is 18.3. The van der Waals surface area contributed by atoms with Gasteiger partial charge in [-0.2, -0.15) is 4.52 Å². The average molecular weight is 354 g/mol. The van der Waals surface area contributed by atoms with Crippen LogP contribution in [-0.4, -0.2) is 51.2 Å². The Bertz CT molecular complexity index is 935. The van der Waals surface area contributed by atoms with E-state index in [1.807, 2.05) is 18.2 Å². The first kappa shape index (κ1) is 17.0. The molecule has 1 saturated heterocycles. The normalized spacial score (nSPS) is 18.8. The zero-order valence-corrected chi connectivity index (χ0v) is 15.6. The maximum Gasteiger partial charge on any atom is 0.223 e. The van der Waals surface area contributed by atoms with Crippen LogP contribution < -0.4 is 10.5 Å². The van der Waals surface area contributed by atoms with E-state index in [0.29, 0.717) is 23.5 Å². The Labute approximate surface area is 153 Å². The number of methoxy groups -OCH3 is 1. The Kier molecular flexibility index (Phi) is 4.40. The molecule has 0 bridgehead atoms. The largest absolute Gasteiger partial charge is 0.494 e. The third-order valence-corrected chi connectivity index (χ3v) is 5.02. The first-order chi connectivity index (χ1) is 12.6. The summed E-state index contributed by atoms with van der Waals surface area (Å²) in [5, 5.41) is 5.62. The summed E-state index contributed by atoms with van der Waals surface area (Å²) < 4.78 is 7.09. The minimum atomic E-state index is 0.336. The molecule has 0 aliphatic carbocycles. The smallest absolute Gasteiger partial charge is 0.223 e. The zero-order valence-electron chi connectivity index (χ0n) is 15.6. The molecule has 2 N–H and O–H groups in total. The summed E-state index contributed by atoms with van der Waals surface area (Å²) in [7, 11) is 1.64. The lowest BCUT2D eigenvalue weighted by atomic mass is 9.96. The number of fused-ring (bicyclic) bond motifs is 3. The Hall–Kier alpha value is -2.41. The fraction of sp³-hybridized carbons (Fsp3) is 0.526. The SMILES string of the molecule is COc1cccc2c1nc(N)n1nc(C3CCCN(CC(C)C)C3)nc21. The van der Waals surface area contributed by atoms with E-state index in [4.69, 9.17) is 20.6 Å². The van der Waals surface area contributed by atoms with E-state index >= 15 is 0 Å². The number of nitrogens with two attached hydrogens (primary N) is 1. The Morgan fingerprint density at radius 3 is 2.92 bits per heavy atom. The lowest BCUT2D eigenvalue weighted by molar-refractivity contribution is 0.185. The van der Waals surface area contributed by atoms with Gasteiger partial charge in [-0.25, -0.2) is 9.97 Å². The van der Waals surface area contributed by atoms with Crippen molar-refractivity contribution < 1.29 is 4.74 Å². The molecule has 0 saturated carbocycles. The van der Waals surface area contributed by atoms with Crippen molar-refractivity contribution in [3.05, 3.63) is 24.0 Å². The second-order valence-corrected chi connectivity index (χ2v) is 7.52. The van der Waals surface area contributed by atoms with Crippen molar-refractivity contribution in [3.63, 3.8) is 0 Å². The van der Waals surface area contributed by atoms with Gasteiger partial charge in [0, 0.05) is 24.4 Å². The van der Waals surface area contributed by atoms with E-state index in [-0.39, 0.29) is 0 Å². The molecule has 0 spiro atoms. The van der Waals surface area contributed by atoms with E-state index < -0.39 is 0 Å². The second kappa shape index (κ2) is 6.72. The molecule has 2 aromatic heterocycles. The highest BCUT2D eigenvalue weighted by Crippen LogP contribution is 2.30. The van der Waals surface area contributed by atoms with Crippen molar-refractivity contribution >= 4 is 22.5 Å². The molecule has 4 rings (SSSR count). The number of rotatable bonds is 4. The molecule has 1 aliphatic heterocycles. The number of nitrogens with zero attached hydrogens (tertiary/aromatic N) is 5. The summed E-state index contributed by atoms with van der Waals surface area (Å²) in [5.41, 5.74) is 7.64. The molecule has 1 aromatic carbocycles. The van der Waals surface area contributed by atoms with E-state index in [0.717, 1.165) is 48.4 Å². The number of piperidine rings is 1. The Balaban J connectivity index is 1.75. The predicted molar refractivity (Wildman–Crippen MR) is 103 cm³/mol. The number of hydrogen-bond donors (Lipinski definition) is 1. The highest BCUT2D eigenvalue weighted by Gasteiger charge is 2.26. The lowest BCUT2D eigenvalue weighted by Crippen LogP contribution is -2.37. The highest BCUT2D eigenvalue weighted by atomic mass is 16.5. The number of hydrogen-bond acceptors (Lipinski definition) is 6. The number of aromatic nitrogens is 4. The van der Waals surface area contributed by atoms with Crippen molar-refractivity contribution in [2.75, 3.05) is 32.5 Å². The van der Waals surface area contributed by atoms with Crippen LogP contribution in [0.15, 0.2) is 18.2 Å². The fourth-order valence-corrected chi connectivity index (χ4v) is 3.93. The van der Waals surface area contributed by atoms with Crippen molar-refractivity contribution in [1.29, 1.82) is 0 Å². The van der Waals surface area contributed by atoms with Crippen LogP contribution in [0.2, 0.25) is 0 Å². The van der Waals surface area contributed by atoms with E-state index in [2.05, 4.69) is 23.7 Å². The average Bonchev–Trinajstić information content (AvgIpc) is 3.07. The third kappa shape index (κ3) is 2.96. The maximum absolute atomic E-state index is 6.17. The molecule has 3 heterocycles. The van der Waals surface area contributed by atoms with Crippen LogP contribution >= 0.6 is 0 Å². The van der Waals surface area contributed by atoms with Gasteiger partial charge in [-0.1, -0.05) is 19.9 Å². The quantitative estimate of drug-likeness (QED) is 0.776. The van der Waals surface area contributed by atoms with Gasteiger partial charge in [0.1, 0.15) is 11.3 Å². The topological polar surface area (TPSA) is 81.6 Å². The third-order valence-electron chi connectivity index (χ3n) is 5.02. The fourth-order valence-electron chi connectivity index (χ4n) is 3.93. The van der Waals surface area contributed by atoms with Gasteiger partial charge in [0.25, 0.3) is 0 Å². The minimum absolute atomic E-state index is 0.336. The van der Waals surface area contributed by atoms with Gasteiger partial charge in [0.05, 0.1) is 7.11 Å². The van der Waals surface area contributed by atoms with Crippen LogP contribution in [0.1, 0.15) is 38.4 Å². The van der Waals surface area contributed by atoms with Gasteiger partial charge in [0.2, 0.25) is 5.95 Å². The number of ether oxygens (including phenoxy) is 1. The van der Waals surface area contributed by atoms with Crippen LogP contribution in [-0.2, 0) is 0 Å². The molecule has 1 unspecified atom stereocenters. The van der Waals surface area contributed by atoms with Gasteiger partial charge in [0.15, 0.2) is 11.5 Å².